The first-order chi connectivity index (χ1) is 9.03. The second-order valence-electron chi connectivity index (χ2n) is 3.91. The number of nitrogens with one attached hydrogen (secondary N) is 2. The number of esters is 1. The Kier molecular flexibility index (Phi) is 5.23. The van der Waals surface area contributed by atoms with Crippen LogP contribution in [0.1, 0.15) is 29.3 Å². The lowest BCUT2D eigenvalue weighted by Gasteiger charge is -2.09. The lowest BCUT2D eigenvalue weighted by Crippen LogP contribution is -2.10. The zero-order valence-corrected chi connectivity index (χ0v) is 11.2. The highest BCUT2D eigenvalue weighted by Crippen LogP contribution is 2.15. The van der Waals surface area contributed by atoms with Crippen LogP contribution in [-0.2, 0) is 4.74 Å². The van der Waals surface area contributed by atoms with Crippen LogP contribution in [-0.4, -0.2) is 25.8 Å². The van der Waals surface area contributed by atoms with Crippen LogP contribution in [0.25, 0.3) is 0 Å². The first-order valence-corrected chi connectivity index (χ1v) is 5.88. The van der Waals surface area contributed by atoms with Gasteiger partial charge in [-0.05, 0) is 30.2 Å². The van der Waals surface area contributed by atoms with E-state index >= 15 is 0 Å². The van der Waals surface area contributed by atoms with Gasteiger partial charge in [-0.3, -0.25) is 5.41 Å². The highest BCUT2D eigenvalue weighted by Gasteiger charge is 2.13. The molecule has 0 bridgehead atoms. The van der Waals surface area contributed by atoms with Crippen LogP contribution >= 0.6 is 0 Å². The first kappa shape index (κ1) is 14.9. The molecule has 0 aliphatic rings. The molecule has 0 aliphatic carbocycles. The molecule has 0 fully saturated rings. The maximum Gasteiger partial charge on any atom is 0.337 e. The van der Waals surface area contributed by atoms with Gasteiger partial charge >= 0.3 is 5.97 Å². The molecular weight excluding hydrogens is 247 g/mol. The fraction of sp³-hybridized carbons (Fsp3) is 0.286. The Morgan fingerprint density at radius 3 is 2.58 bits per heavy atom. The van der Waals surface area contributed by atoms with Crippen LogP contribution in [0.15, 0.2) is 30.0 Å². The molecular formula is C14H17FN2O2. The quantitative estimate of drug-likeness (QED) is 0.634. The van der Waals surface area contributed by atoms with E-state index < -0.39 is 11.8 Å². The number of benzene rings is 1. The van der Waals surface area contributed by atoms with Crippen molar-refractivity contribution in [1.29, 1.82) is 5.41 Å². The lowest BCUT2D eigenvalue weighted by atomic mass is 9.99. The van der Waals surface area contributed by atoms with Crippen LogP contribution in [0.2, 0.25) is 0 Å². The molecule has 0 aliphatic heterocycles. The Labute approximate surface area is 111 Å². The van der Waals surface area contributed by atoms with Gasteiger partial charge in [-0.1, -0.05) is 6.92 Å². The van der Waals surface area contributed by atoms with Gasteiger partial charge in [-0.2, -0.15) is 0 Å². The third kappa shape index (κ3) is 3.64. The molecule has 0 saturated carbocycles. The Morgan fingerprint density at radius 1 is 1.42 bits per heavy atom. The van der Waals surface area contributed by atoms with Crippen molar-refractivity contribution in [2.24, 2.45) is 0 Å². The topological polar surface area (TPSA) is 62.2 Å². The molecule has 0 saturated heterocycles. The number of carbonyl (C=O) groups excluding carboxylic acids is 1. The number of rotatable bonds is 5. The zero-order chi connectivity index (χ0) is 14.4. The molecule has 5 heteroatoms. The largest absolute Gasteiger partial charge is 0.465 e. The first-order valence-electron chi connectivity index (χ1n) is 5.88. The summed E-state index contributed by atoms with van der Waals surface area (Å²) in [7, 11) is 2.96. The Bertz CT molecular complexity index is 524. The summed E-state index contributed by atoms with van der Waals surface area (Å²) in [5.41, 5.74) is 1.36. The predicted molar refractivity (Wildman–Crippen MR) is 72.0 cm³/mol. The summed E-state index contributed by atoms with van der Waals surface area (Å²) < 4.78 is 18.1. The lowest BCUT2D eigenvalue weighted by molar-refractivity contribution is 0.0600. The van der Waals surface area contributed by atoms with Crippen LogP contribution in [0.4, 0.5) is 4.39 Å². The summed E-state index contributed by atoms with van der Waals surface area (Å²) in [6, 6.07) is 3.78. The summed E-state index contributed by atoms with van der Waals surface area (Å²) >= 11 is 0. The molecule has 1 rings (SSSR count). The van der Waals surface area contributed by atoms with E-state index in [4.69, 9.17) is 5.41 Å². The van der Waals surface area contributed by atoms with Crippen LogP contribution < -0.4 is 5.32 Å². The minimum Gasteiger partial charge on any atom is -0.465 e. The second-order valence-corrected chi connectivity index (χ2v) is 3.91. The monoisotopic (exact) mass is 264 g/mol. The van der Waals surface area contributed by atoms with Crippen LogP contribution in [0, 0.1) is 11.2 Å². The zero-order valence-electron chi connectivity index (χ0n) is 11.2. The summed E-state index contributed by atoms with van der Waals surface area (Å²) in [5, 5.41) is 10.9. The molecule has 0 atom stereocenters. The van der Waals surface area contributed by atoms with Gasteiger partial charge in [0.1, 0.15) is 5.82 Å². The van der Waals surface area contributed by atoms with Gasteiger partial charge in [0.05, 0.1) is 18.4 Å². The predicted octanol–water partition coefficient (Wildman–Crippen LogP) is 2.49. The average molecular weight is 264 g/mol. The average Bonchev–Trinajstić information content (AvgIpc) is 2.42. The normalized spacial score (nSPS) is 11.1. The third-order valence-electron chi connectivity index (χ3n) is 2.63. The Morgan fingerprint density at radius 2 is 2.05 bits per heavy atom. The molecule has 0 unspecified atom stereocenters. The molecule has 19 heavy (non-hydrogen) atoms. The van der Waals surface area contributed by atoms with Crippen molar-refractivity contribution in [1.82, 2.24) is 5.32 Å². The maximum absolute atomic E-state index is 13.5. The van der Waals surface area contributed by atoms with Crippen molar-refractivity contribution in [3.8, 4) is 0 Å². The molecule has 0 aromatic heterocycles. The number of hydrogen-bond acceptors (Lipinski definition) is 4. The van der Waals surface area contributed by atoms with E-state index in [0.29, 0.717) is 12.0 Å². The Hall–Kier alpha value is -2.17. The van der Waals surface area contributed by atoms with Gasteiger partial charge in [0.25, 0.3) is 0 Å². The molecule has 0 spiro atoms. The van der Waals surface area contributed by atoms with Crippen molar-refractivity contribution in [3.63, 3.8) is 0 Å². The van der Waals surface area contributed by atoms with Gasteiger partial charge in [-0.25, -0.2) is 9.18 Å². The van der Waals surface area contributed by atoms with E-state index in [9.17, 15) is 9.18 Å². The number of allylic oxidation sites excluding steroid dienone is 1. The molecule has 4 nitrogen and oxygen atoms in total. The van der Waals surface area contributed by atoms with Crippen molar-refractivity contribution >= 4 is 11.7 Å². The number of methoxy groups -OCH3 is 1. The minimum atomic E-state index is -0.621. The van der Waals surface area contributed by atoms with Crippen molar-refractivity contribution in [2.45, 2.75) is 13.3 Å². The van der Waals surface area contributed by atoms with E-state index in [1.54, 1.807) is 13.2 Å². The minimum absolute atomic E-state index is 0.0992. The standard InChI is InChI=1S/C14H17FN2O2/c1-4-9(8-17-2)13(16)10-5-11(14(18)19-3)7-12(15)6-10/h5-8,16-17H,4H2,1-3H3/b9-8-,16-13?. The SMILES string of the molecule is CC/C(=C/NC)C(=N)c1cc(F)cc(C(=O)OC)c1. The fourth-order valence-corrected chi connectivity index (χ4v) is 1.68. The molecule has 0 heterocycles. The molecule has 2 N–H and O–H groups in total. The fourth-order valence-electron chi connectivity index (χ4n) is 1.68. The van der Waals surface area contributed by atoms with Crippen molar-refractivity contribution < 1.29 is 13.9 Å². The molecule has 102 valence electrons. The third-order valence-corrected chi connectivity index (χ3v) is 2.63. The molecule has 0 amide bonds. The van der Waals surface area contributed by atoms with E-state index in [1.165, 1.54) is 19.2 Å². The van der Waals surface area contributed by atoms with Crippen molar-refractivity contribution in [3.05, 3.63) is 46.9 Å². The summed E-state index contributed by atoms with van der Waals surface area (Å²) in [5.74, 6) is -1.19. The molecule has 0 radical (unpaired) electrons. The molecule has 1 aromatic rings. The van der Waals surface area contributed by atoms with E-state index in [2.05, 4.69) is 10.1 Å². The smallest absolute Gasteiger partial charge is 0.337 e. The van der Waals surface area contributed by atoms with Gasteiger partial charge in [0, 0.05) is 18.8 Å². The maximum atomic E-state index is 13.5. The summed E-state index contributed by atoms with van der Waals surface area (Å²) in [6.07, 6.45) is 2.31. The van der Waals surface area contributed by atoms with E-state index in [-0.39, 0.29) is 11.3 Å². The molecule has 1 aromatic carbocycles. The van der Waals surface area contributed by atoms with E-state index in [0.717, 1.165) is 11.6 Å². The van der Waals surface area contributed by atoms with Crippen LogP contribution in [0.5, 0.6) is 0 Å². The van der Waals surface area contributed by atoms with Crippen LogP contribution in [0.3, 0.4) is 0 Å². The summed E-state index contributed by atoms with van der Waals surface area (Å²) in [6.45, 7) is 1.90. The number of ether oxygens (including phenoxy) is 1. The number of carbonyl (C=O) groups is 1. The van der Waals surface area contributed by atoms with Gasteiger partial charge < -0.3 is 10.1 Å². The van der Waals surface area contributed by atoms with Gasteiger partial charge in [-0.15, -0.1) is 0 Å². The van der Waals surface area contributed by atoms with Gasteiger partial charge in [0.2, 0.25) is 0 Å². The number of hydrogen-bond donors (Lipinski definition) is 2. The number of halogens is 1. The Balaban J connectivity index is 3.20. The van der Waals surface area contributed by atoms with Gasteiger partial charge in [0.15, 0.2) is 0 Å². The van der Waals surface area contributed by atoms with E-state index in [1.807, 2.05) is 6.92 Å². The highest BCUT2D eigenvalue weighted by atomic mass is 19.1. The second kappa shape index (κ2) is 6.68. The summed E-state index contributed by atoms with van der Waals surface area (Å²) in [4.78, 5) is 11.4. The van der Waals surface area contributed by atoms with Crippen molar-refractivity contribution in [2.75, 3.05) is 14.2 Å². The highest BCUT2D eigenvalue weighted by molar-refractivity contribution is 6.11.